The summed E-state index contributed by atoms with van der Waals surface area (Å²) in [5, 5.41) is 19.7. The van der Waals surface area contributed by atoms with E-state index in [1.54, 1.807) is 6.07 Å². The molecule has 2 heterocycles. The smallest absolute Gasteiger partial charge is 0.271 e. The number of hydrogen-bond donors (Lipinski definition) is 3. The van der Waals surface area contributed by atoms with Crippen LogP contribution in [-0.4, -0.2) is 58.4 Å². The predicted octanol–water partition coefficient (Wildman–Crippen LogP) is 1.33. The Hall–Kier alpha value is -1.40. The van der Waals surface area contributed by atoms with Gasteiger partial charge in [0, 0.05) is 18.8 Å². The molecule has 1 atom stereocenters. The van der Waals surface area contributed by atoms with Crippen LogP contribution in [-0.2, 0) is 6.42 Å². The summed E-state index contributed by atoms with van der Waals surface area (Å²) in [5.74, 6) is -0.228. The van der Waals surface area contributed by atoms with Gasteiger partial charge in [0.2, 0.25) is 0 Å². The monoisotopic (exact) mass is 308 g/mol. The zero-order valence-corrected chi connectivity index (χ0v) is 13.5. The molecule has 0 aliphatic carbocycles. The van der Waals surface area contributed by atoms with Gasteiger partial charge < -0.3 is 15.3 Å². The molecule has 1 amide bonds. The van der Waals surface area contributed by atoms with Crippen molar-refractivity contribution in [3.63, 3.8) is 0 Å². The van der Waals surface area contributed by atoms with Crippen molar-refractivity contribution in [3.05, 3.63) is 17.5 Å². The van der Waals surface area contributed by atoms with E-state index < -0.39 is 6.10 Å². The van der Waals surface area contributed by atoms with Crippen molar-refractivity contribution in [3.8, 4) is 0 Å². The summed E-state index contributed by atoms with van der Waals surface area (Å²) in [6, 6.07) is 1.78. The lowest BCUT2D eigenvalue weighted by atomic mass is 10.2. The Morgan fingerprint density at radius 3 is 2.82 bits per heavy atom. The number of β-amino-alcohol motifs (C(OH)–C–C–N with tert-alkyl or cyclic N) is 1. The molecule has 0 unspecified atom stereocenters. The van der Waals surface area contributed by atoms with Gasteiger partial charge in [-0.3, -0.25) is 9.89 Å². The van der Waals surface area contributed by atoms with Crippen molar-refractivity contribution in [2.24, 2.45) is 0 Å². The van der Waals surface area contributed by atoms with Gasteiger partial charge in [-0.25, -0.2) is 0 Å². The van der Waals surface area contributed by atoms with E-state index in [1.165, 1.54) is 25.7 Å². The number of aromatic nitrogens is 2. The van der Waals surface area contributed by atoms with Gasteiger partial charge in [0.05, 0.1) is 6.10 Å². The van der Waals surface area contributed by atoms with Gasteiger partial charge in [0.25, 0.3) is 5.91 Å². The van der Waals surface area contributed by atoms with Crippen LogP contribution in [0, 0.1) is 0 Å². The highest BCUT2D eigenvalue weighted by atomic mass is 16.3. The highest BCUT2D eigenvalue weighted by molar-refractivity contribution is 5.92. The number of nitrogens with zero attached hydrogens (tertiary/aromatic N) is 2. The molecule has 0 aromatic carbocycles. The quantitative estimate of drug-likeness (QED) is 0.710. The van der Waals surface area contributed by atoms with E-state index >= 15 is 0 Å². The number of carbonyl (C=O) groups excluding carboxylic acids is 1. The number of aryl methyl sites for hydroxylation is 1. The van der Waals surface area contributed by atoms with Crippen LogP contribution >= 0.6 is 0 Å². The van der Waals surface area contributed by atoms with Gasteiger partial charge in [-0.15, -0.1) is 0 Å². The average molecular weight is 308 g/mol. The summed E-state index contributed by atoms with van der Waals surface area (Å²) in [5.41, 5.74) is 1.36. The first-order valence-corrected chi connectivity index (χ1v) is 8.42. The van der Waals surface area contributed by atoms with Gasteiger partial charge in [0.1, 0.15) is 5.69 Å². The van der Waals surface area contributed by atoms with E-state index in [9.17, 15) is 9.90 Å². The van der Waals surface area contributed by atoms with E-state index in [1.807, 2.05) is 0 Å². The molecule has 0 spiro atoms. The van der Waals surface area contributed by atoms with Crippen LogP contribution in [0.15, 0.2) is 6.07 Å². The molecule has 2 rings (SSSR count). The topological polar surface area (TPSA) is 81.2 Å². The van der Waals surface area contributed by atoms with Crippen molar-refractivity contribution >= 4 is 5.91 Å². The maximum Gasteiger partial charge on any atom is 0.271 e. The lowest BCUT2D eigenvalue weighted by Gasteiger charge is -2.23. The minimum atomic E-state index is -0.531. The van der Waals surface area contributed by atoms with E-state index in [-0.39, 0.29) is 12.5 Å². The Bertz CT molecular complexity index is 453. The minimum absolute atomic E-state index is 0.228. The summed E-state index contributed by atoms with van der Waals surface area (Å²) in [6.07, 6.45) is 6.33. The Balaban J connectivity index is 1.72. The number of rotatable bonds is 7. The fraction of sp³-hybridized carbons (Fsp3) is 0.750. The molecular formula is C16H28N4O2. The van der Waals surface area contributed by atoms with E-state index in [0.29, 0.717) is 12.2 Å². The van der Waals surface area contributed by atoms with Gasteiger partial charge in [-0.2, -0.15) is 5.10 Å². The van der Waals surface area contributed by atoms with Crippen LogP contribution in [0.25, 0.3) is 0 Å². The molecule has 1 aromatic rings. The molecule has 1 aliphatic rings. The van der Waals surface area contributed by atoms with E-state index in [0.717, 1.165) is 31.6 Å². The fourth-order valence-corrected chi connectivity index (χ4v) is 2.86. The third-order valence-electron chi connectivity index (χ3n) is 4.05. The van der Waals surface area contributed by atoms with Crippen molar-refractivity contribution in [2.45, 2.75) is 51.6 Å². The van der Waals surface area contributed by atoms with Crippen LogP contribution in [0.3, 0.4) is 0 Å². The molecule has 1 aromatic heterocycles. The van der Waals surface area contributed by atoms with Gasteiger partial charge >= 0.3 is 0 Å². The zero-order chi connectivity index (χ0) is 15.8. The first kappa shape index (κ1) is 17.0. The molecule has 1 fully saturated rings. The maximum absolute atomic E-state index is 12.0. The Kier molecular flexibility index (Phi) is 6.86. The van der Waals surface area contributed by atoms with E-state index in [2.05, 4.69) is 27.3 Å². The maximum atomic E-state index is 12.0. The van der Waals surface area contributed by atoms with Crippen LogP contribution in [0.2, 0.25) is 0 Å². The molecule has 124 valence electrons. The minimum Gasteiger partial charge on any atom is -0.390 e. The third kappa shape index (κ3) is 5.42. The summed E-state index contributed by atoms with van der Waals surface area (Å²) in [4.78, 5) is 14.3. The number of aliphatic hydroxyl groups is 1. The normalized spacial score (nSPS) is 17.9. The molecule has 6 nitrogen and oxygen atoms in total. The van der Waals surface area contributed by atoms with Crippen LogP contribution in [0.4, 0.5) is 0 Å². The number of aliphatic hydroxyl groups excluding tert-OH is 1. The standard InChI is InChI=1S/C16H28N4O2/c1-2-7-13-10-15(19-18-13)16(22)17-11-14(21)12-20-8-5-3-4-6-9-20/h10,14,21H,2-9,11-12H2,1H3,(H,17,22)(H,18,19)/t14-/m1/s1. The second-order valence-electron chi connectivity index (χ2n) is 6.11. The second-order valence-corrected chi connectivity index (χ2v) is 6.11. The molecule has 1 saturated heterocycles. The highest BCUT2D eigenvalue weighted by Gasteiger charge is 2.16. The van der Waals surface area contributed by atoms with Gasteiger partial charge in [-0.1, -0.05) is 26.2 Å². The zero-order valence-electron chi connectivity index (χ0n) is 13.5. The largest absolute Gasteiger partial charge is 0.390 e. The molecule has 6 heteroatoms. The third-order valence-corrected chi connectivity index (χ3v) is 4.05. The molecule has 1 aliphatic heterocycles. The fourth-order valence-electron chi connectivity index (χ4n) is 2.86. The van der Waals surface area contributed by atoms with Crippen molar-refractivity contribution < 1.29 is 9.90 Å². The first-order chi connectivity index (χ1) is 10.7. The number of nitrogens with one attached hydrogen (secondary N) is 2. The predicted molar refractivity (Wildman–Crippen MR) is 85.8 cm³/mol. The van der Waals surface area contributed by atoms with Gasteiger partial charge in [0.15, 0.2) is 0 Å². The molecule has 3 N–H and O–H groups in total. The lowest BCUT2D eigenvalue weighted by Crippen LogP contribution is -2.40. The lowest BCUT2D eigenvalue weighted by molar-refractivity contribution is 0.0858. The van der Waals surface area contributed by atoms with Crippen LogP contribution < -0.4 is 5.32 Å². The van der Waals surface area contributed by atoms with Crippen LogP contribution in [0.1, 0.15) is 55.2 Å². The molecule has 0 saturated carbocycles. The molecule has 0 radical (unpaired) electrons. The average Bonchev–Trinajstić information content (AvgIpc) is 2.82. The number of hydrogen-bond acceptors (Lipinski definition) is 4. The SMILES string of the molecule is CCCc1cc(C(=O)NC[C@@H](O)CN2CCCCCC2)n[nH]1. The van der Waals surface area contributed by atoms with Gasteiger partial charge in [-0.05, 0) is 38.4 Å². The number of amides is 1. The summed E-state index contributed by atoms with van der Waals surface area (Å²) in [7, 11) is 0. The Morgan fingerprint density at radius 1 is 1.41 bits per heavy atom. The number of likely N-dealkylation sites (tertiary alicyclic amines) is 1. The summed E-state index contributed by atoms with van der Waals surface area (Å²) in [6.45, 7) is 5.07. The summed E-state index contributed by atoms with van der Waals surface area (Å²) >= 11 is 0. The second kappa shape index (κ2) is 8.90. The molecule has 0 bridgehead atoms. The number of aromatic amines is 1. The molecule has 22 heavy (non-hydrogen) atoms. The Labute approximate surface area is 132 Å². The molecular weight excluding hydrogens is 280 g/mol. The van der Waals surface area contributed by atoms with E-state index in [4.69, 9.17) is 0 Å². The van der Waals surface area contributed by atoms with Crippen molar-refractivity contribution in [1.29, 1.82) is 0 Å². The summed E-state index contributed by atoms with van der Waals surface area (Å²) < 4.78 is 0. The Morgan fingerprint density at radius 2 is 2.14 bits per heavy atom. The first-order valence-electron chi connectivity index (χ1n) is 8.42. The van der Waals surface area contributed by atoms with Crippen molar-refractivity contribution in [2.75, 3.05) is 26.2 Å². The van der Waals surface area contributed by atoms with Crippen LogP contribution in [0.5, 0.6) is 0 Å². The highest BCUT2D eigenvalue weighted by Crippen LogP contribution is 2.09. The number of H-pyrrole nitrogens is 1. The van der Waals surface area contributed by atoms with Crippen molar-refractivity contribution in [1.82, 2.24) is 20.4 Å². The number of carbonyl (C=O) groups is 1.